The Labute approximate surface area is 188 Å². The molecule has 0 spiro atoms. The number of rotatable bonds is 7. The Bertz CT molecular complexity index is 822. The minimum Gasteiger partial charge on any atom is -0.354 e. The van der Waals surface area contributed by atoms with Crippen LogP contribution < -0.4 is 5.32 Å². The van der Waals surface area contributed by atoms with E-state index in [1.54, 1.807) is 12.1 Å². The van der Waals surface area contributed by atoms with E-state index in [1.165, 1.54) is 17.1 Å². The molecule has 31 heavy (non-hydrogen) atoms. The number of likely N-dealkylation sites (tertiary alicyclic amines) is 1. The maximum Gasteiger partial charge on any atom is 0.243 e. The number of hydrogen-bond acceptors (Lipinski definition) is 4. The molecule has 2 saturated heterocycles. The Morgan fingerprint density at radius 2 is 1.61 bits per heavy atom. The molecule has 2 aliphatic rings. The highest BCUT2D eigenvalue weighted by molar-refractivity contribution is 7.89. The van der Waals surface area contributed by atoms with Crippen molar-refractivity contribution in [2.24, 2.45) is 17.8 Å². The highest BCUT2D eigenvalue weighted by atomic mass is 32.2. The zero-order chi connectivity index (χ0) is 22.6. The first-order chi connectivity index (χ1) is 14.7. The number of carbonyl (C=O) groups excluding carboxylic acids is 1. The van der Waals surface area contributed by atoms with Gasteiger partial charge in [-0.15, -0.1) is 0 Å². The van der Waals surface area contributed by atoms with Crippen LogP contribution in [0.3, 0.4) is 0 Å². The minimum absolute atomic E-state index is 0.0726. The third-order valence-electron chi connectivity index (χ3n) is 7.03. The van der Waals surface area contributed by atoms with Gasteiger partial charge in [0.25, 0.3) is 0 Å². The van der Waals surface area contributed by atoms with Crippen LogP contribution >= 0.6 is 0 Å². The summed E-state index contributed by atoms with van der Waals surface area (Å²) in [5, 5.41) is 3.19. The molecule has 2 aliphatic heterocycles. The molecule has 1 amide bonds. The Hall–Kier alpha value is -1.44. The smallest absolute Gasteiger partial charge is 0.243 e. The summed E-state index contributed by atoms with van der Waals surface area (Å²) in [6.45, 7) is 12.4. The number of sulfonamides is 1. The van der Waals surface area contributed by atoms with Crippen LogP contribution in [-0.2, 0) is 14.8 Å². The van der Waals surface area contributed by atoms with Gasteiger partial charge in [-0.05, 0) is 69.7 Å². The number of benzene rings is 1. The van der Waals surface area contributed by atoms with Gasteiger partial charge in [-0.1, -0.05) is 38.5 Å². The molecule has 174 valence electrons. The molecule has 1 N–H and O–H groups in total. The monoisotopic (exact) mass is 449 g/mol. The Morgan fingerprint density at radius 3 is 2.16 bits per heavy atom. The van der Waals surface area contributed by atoms with Gasteiger partial charge in [0.05, 0.1) is 4.90 Å². The van der Waals surface area contributed by atoms with Crippen molar-refractivity contribution in [3.8, 4) is 0 Å². The van der Waals surface area contributed by atoms with E-state index in [4.69, 9.17) is 0 Å². The van der Waals surface area contributed by atoms with E-state index in [0.29, 0.717) is 49.3 Å². The van der Waals surface area contributed by atoms with E-state index in [-0.39, 0.29) is 11.8 Å². The number of nitrogens with one attached hydrogen (secondary N) is 1. The van der Waals surface area contributed by atoms with E-state index in [9.17, 15) is 13.2 Å². The van der Waals surface area contributed by atoms with Gasteiger partial charge in [0, 0.05) is 31.6 Å². The summed E-state index contributed by atoms with van der Waals surface area (Å²) in [6, 6.07) is 7.33. The van der Waals surface area contributed by atoms with Crippen LogP contribution in [0.25, 0.3) is 0 Å². The van der Waals surface area contributed by atoms with Gasteiger partial charge in [0.2, 0.25) is 15.9 Å². The molecule has 0 aromatic heterocycles. The van der Waals surface area contributed by atoms with Gasteiger partial charge in [-0.25, -0.2) is 8.42 Å². The molecule has 1 unspecified atom stereocenters. The Morgan fingerprint density at radius 1 is 1.03 bits per heavy atom. The van der Waals surface area contributed by atoms with Gasteiger partial charge in [-0.2, -0.15) is 4.31 Å². The van der Waals surface area contributed by atoms with Crippen LogP contribution in [-0.4, -0.2) is 62.3 Å². The lowest BCUT2D eigenvalue weighted by Crippen LogP contribution is -2.51. The second-order valence-corrected chi connectivity index (χ2v) is 11.7. The number of hydrogen-bond donors (Lipinski definition) is 1. The number of nitrogens with zero attached hydrogens (tertiary/aromatic N) is 2. The zero-order valence-electron chi connectivity index (χ0n) is 19.5. The molecule has 1 atom stereocenters. The predicted octanol–water partition coefficient (Wildman–Crippen LogP) is 3.27. The second kappa shape index (κ2) is 10.5. The third kappa shape index (κ3) is 6.08. The summed E-state index contributed by atoms with van der Waals surface area (Å²) in [5.41, 5.74) is 1.04. The first kappa shape index (κ1) is 24.2. The molecule has 0 saturated carbocycles. The summed E-state index contributed by atoms with van der Waals surface area (Å²) in [6.07, 6.45) is 3.60. The molecule has 1 aromatic rings. The number of piperidine rings is 2. The van der Waals surface area contributed by atoms with Crippen LogP contribution in [0.5, 0.6) is 0 Å². The molecule has 1 aromatic carbocycles. The summed E-state index contributed by atoms with van der Waals surface area (Å²) >= 11 is 0. The molecular formula is C24H39N3O3S. The second-order valence-electron chi connectivity index (χ2n) is 9.77. The van der Waals surface area contributed by atoms with Crippen LogP contribution in [0, 0.1) is 24.7 Å². The first-order valence-electron chi connectivity index (χ1n) is 11.8. The van der Waals surface area contributed by atoms with E-state index >= 15 is 0 Å². The molecule has 3 rings (SSSR count). The van der Waals surface area contributed by atoms with Gasteiger partial charge >= 0.3 is 0 Å². The fourth-order valence-electron chi connectivity index (χ4n) is 4.71. The number of amides is 1. The highest BCUT2D eigenvalue weighted by Crippen LogP contribution is 2.25. The lowest BCUT2D eigenvalue weighted by Gasteiger charge is -2.39. The molecule has 7 heteroatoms. The number of carbonyl (C=O) groups is 1. The quantitative estimate of drug-likeness (QED) is 0.694. The summed E-state index contributed by atoms with van der Waals surface area (Å²) in [4.78, 5) is 15.7. The SMILES string of the molecule is Cc1ccc(S(=O)(=O)N2CCC(C(=O)NCC(C(C)C)N3CCC(C)CC3)CC2)cc1. The first-order valence-corrected chi connectivity index (χ1v) is 13.2. The Kier molecular flexibility index (Phi) is 8.16. The fourth-order valence-corrected chi connectivity index (χ4v) is 6.18. The van der Waals surface area contributed by atoms with Crippen LogP contribution in [0.1, 0.15) is 52.0 Å². The Balaban J connectivity index is 1.51. The van der Waals surface area contributed by atoms with Crippen LogP contribution in [0.4, 0.5) is 0 Å². The lowest BCUT2D eigenvalue weighted by atomic mass is 9.93. The van der Waals surface area contributed by atoms with Crippen molar-refractivity contribution in [1.82, 2.24) is 14.5 Å². The normalized spacial score (nSPS) is 21.3. The summed E-state index contributed by atoms with van der Waals surface area (Å²) in [5.74, 6) is 1.23. The van der Waals surface area contributed by atoms with Crippen molar-refractivity contribution in [3.63, 3.8) is 0 Å². The summed E-state index contributed by atoms with van der Waals surface area (Å²) in [7, 11) is -3.49. The lowest BCUT2D eigenvalue weighted by molar-refractivity contribution is -0.126. The van der Waals surface area contributed by atoms with Crippen molar-refractivity contribution in [3.05, 3.63) is 29.8 Å². The molecule has 0 bridgehead atoms. The van der Waals surface area contributed by atoms with Crippen molar-refractivity contribution in [2.75, 3.05) is 32.7 Å². The maximum absolute atomic E-state index is 12.9. The van der Waals surface area contributed by atoms with Gasteiger partial charge in [0.1, 0.15) is 0 Å². The average Bonchev–Trinajstić information content (AvgIpc) is 2.75. The van der Waals surface area contributed by atoms with E-state index < -0.39 is 10.0 Å². The molecule has 6 nitrogen and oxygen atoms in total. The molecular weight excluding hydrogens is 410 g/mol. The minimum atomic E-state index is -3.49. The molecule has 0 radical (unpaired) electrons. The van der Waals surface area contributed by atoms with E-state index in [0.717, 1.165) is 24.6 Å². The number of aryl methyl sites for hydroxylation is 1. The standard InChI is InChI=1S/C24H39N3O3S/c1-18(2)23(26-13-9-20(4)10-14-26)17-25-24(28)21-11-15-27(16-12-21)31(29,30)22-7-5-19(3)6-8-22/h5-8,18,20-21,23H,9-17H2,1-4H3,(H,25,28). The van der Waals surface area contributed by atoms with Crippen molar-refractivity contribution >= 4 is 15.9 Å². The van der Waals surface area contributed by atoms with Gasteiger partial charge in [0.15, 0.2) is 0 Å². The summed E-state index contributed by atoms with van der Waals surface area (Å²) < 4.78 is 27.3. The predicted molar refractivity (Wildman–Crippen MR) is 124 cm³/mol. The van der Waals surface area contributed by atoms with E-state index in [2.05, 4.69) is 31.0 Å². The fraction of sp³-hybridized carbons (Fsp3) is 0.708. The maximum atomic E-state index is 12.9. The van der Waals surface area contributed by atoms with Gasteiger partial charge < -0.3 is 5.32 Å². The zero-order valence-corrected chi connectivity index (χ0v) is 20.3. The van der Waals surface area contributed by atoms with Crippen molar-refractivity contribution in [1.29, 1.82) is 0 Å². The largest absolute Gasteiger partial charge is 0.354 e. The topological polar surface area (TPSA) is 69.7 Å². The van der Waals surface area contributed by atoms with Crippen LogP contribution in [0.15, 0.2) is 29.2 Å². The average molecular weight is 450 g/mol. The third-order valence-corrected chi connectivity index (χ3v) is 8.94. The van der Waals surface area contributed by atoms with Crippen molar-refractivity contribution in [2.45, 2.75) is 64.3 Å². The van der Waals surface area contributed by atoms with Crippen molar-refractivity contribution < 1.29 is 13.2 Å². The van der Waals surface area contributed by atoms with E-state index in [1.807, 2.05) is 19.1 Å². The van der Waals surface area contributed by atoms with Gasteiger partial charge in [-0.3, -0.25) is 9.69 Å². The van der Waals surface area contributed by atoms with Crippen LogP contribution in [0.2, 0.25) is 0 Å². The molecule has 0 aliphatic carbocycles. The molecule has 2 heterocycles. The molecule has 2 fully saturated rings. The highest BCUT2D eigenvalue weighted by Gasteiger charge is 2.33.